The molecule has 1 N–H and O–H groups in total. The number of para-hydroxylation sites is 2. The lowest BCUT2D eigenvalue weighted by molar-refractivity contribution is -0.132. The van der Waals surface area contributed by atoms with Crippen LogP contribution < -0.4 is 10.2 Å². The van der Waals surface area contributed by atoms with Crippen molar-refractivity contribution >= 4 is 23.2 Å². The zero-order valence-corrected chi connectivity index (χ0v) is 16.8. The Hall–Kier alpha value is -2.86. The molecule has 2 aliphatic heterocycles. The van der Waals surface area contributed by atoms with Crippen molar-refractivity contribution < 1.29 is 14.3 Å². The van der Waals surface area contributed by atoms with Crippen molar-refractivity contribution in [3.8, 4) is 0 Å². The molecule has 0 radical (unpaired) electrons. The molecule has 0 aromatic heterocycles. The SMILES string of the molecule is CC(=O)N1CCc2ccccc2C1CC(=O)Nc1ccccc1N1CCOCC1. The van der Waals surface area contributed by atoms with Crippen molar-refractivity contribution in [2.45, 2.75) is 25.8 Å². The van der Waals surface area contributed by atoms with Gasteiger partial charge in [-0.15, -0.1) is 0 Å². The molecule has 4 rings (SSSR count). The molecular formula is C23H27N3O3. The van der Waals surface area contributed by atoms with Crippen LogP contribution in [0.4, 0.5) is 11.4 Å². The lowest BCUT2D eigenvalue weighted by Gasteiger charge is -2.36. The molecule has 0 saturated carbocycles. The average molecular weight is 393 g/mol. The molecule has 1 saturated heterocycles. The quantitative estimate of drug-likeness (QED) is 0.868. The van der Waals surface area contributed by atoms with Crippen LogP contribution in [0.15, 0.2) is 48.5 Å². The summed E-state index contributed by atoms with van der Waals surface area (Å²) in [6.07, 6.45) is 1.07. The fourth-order valence-corrected chi connectivity index (χ4v) is 4.28. The summed E-state index contributed by atoms with van der Waals surface area (Å²) in [4.78, 5) is 29.2. The first kappa shape index (κ1) is 19.5. The Bertz CT molecular complexity index is 892. The van der Waals surface area contributed by atoms with E-state index in [0.29, 0.717) is 19.8 Å². The van der Waals surface area contributed by atoms with Gasteiger partial charge in [0.05, 0.1) is 37.1 Å². The molecule has 2 amide bonds. The van der Waals surface area contributed by atoms with Crippen molar-refractivity contribution in [1.29, 1.82) is 0 Å². The maximum absolute atomic E-state index is 13.0. The van der Waals surface area contributed by atoms with Crippen LogP contribution in [0, 0.1) is 0 Å². The first-order valence-electron chi connectivity index (χ1n) is 10.2. The summed E-state index contributed by atoms with van der Waals surface area (Å²) in [5, 5.41) is 3.09. The maximum atomic E-state index is 13.0. The zero-order valence-electron chi connectivity index (χ0n) is 16.8. The molecule has 2 heterocycles. The number of morpholine rings is 1. The average Bonchev–Trinajstić information content (AvgIpc) is 2.75. The van der Waals surface area contributed by atoms with E-state index in [0.717, 1.165) is 36.4 Å². The van der Waals surface area contributed by atoms with Gasteiger partial charge in [-0.05, 0) is 29.7 Å². The van der Waals surface area contributed by atoms with Gasteiger partial charge in [0, 0.05) is 26.6 Å². The van der Waals surface area contributed by atoms with Gasteiger partial charge in [-0.1, -0.05) is 36.4 Å². The number of rotatable bonds is 4. The minimum absolute atomic E-state index is 0.00557. The Morgan fingerprint density at radius 1 is 1.03 bits per heavy atom. The number of fused-ring (bicyclic) bond motifs is 1. The summed E-state index contributed by atoms with van der Waals surface area (Å²) in [6, 6.07) is 15.7. The highest BCUT2D eigenvalue weighted by atomic mass is 16.5. The smallest absolute Gasteiger partial charge is 0.226 e. The van der Waals surface area contributed by atoms with Gasteiger partial charge in [0.2, 0.25) is 11.8 Å². The minimum atomic E-state index is -0.229. The molecule has 0 bridgehead atoms. The number of carbonyl (C=O) groups excluding carboxylic acids is 2. The summed E-state index contributed by atoms with van der Waals surface area (Å²) in [7, 11) is 0. The Kier molecular flexibility index (Phi) is 5.81. The number of anilines is 2. The highest BCUT2D eigenvalue weighted by Crippen LogP contribution is 2.33. The van der Waals surface area contributed by atoms with E-state index < -0.39 is 0 Å². The van der Waals surface area contributed by atoms with E-state index in [-0.39, 0.29) is 24.3 Å². The summed E-state index contributed by atoms with van der Waals surface area (Å²) in [5.41, 5.74) is 4.11. The first-order chi connectivity index (χ1) is 14.1. The number of nitrogens with zero attached hydrogens (tertiary/aromatic N) is 2. The normalized spacial score (nSPS) is 18.9. The molecule has 6 nitrogen and oxygen atoms in total. The molecule has 1 unspecified atom stereocenters. The van der Waals surface area contributed by atoms with Crippen LogP contribution in [0.1, 0.15) is 30.5 Å². The number of benzene rings is 2. The van der Waals surface area contributed by atoms with E-state index in [9.17, 15) is 9.59 Å². The third-order valence-electron chi connectivity index (χ3n) is 5.73. The number of nitrogens with one attached hydrogen (secondary N) is 1. The van der Waals surface area contributed by atoms with Gasteiger partial charge < -0.3 is 19.9 Å². The lowest BCUT2D eigenvalue weighted by Crippen LogP contribution is -2.40. The Balaban J connectivity index is 1.53. The van der Waals surface area contributed by atoms with Crippen molar-refractivity contribution in [2.24, 2.45) is 0 Å². The summed E-state index contributed by atoms with van der Waals surface area (Å²) in [6.45, 7) is 5.21. The van der Waals surface area contributed by atoms with Gasteiger partial charge in [0.25, 0.3) is 0 Å². The molecule has 0 spiro atoms. The molecule has 1 atom stereocenters. The summed E-state index contributed by atoms with van der Waals surface area (Å²) in [5.74, 6) is -0.0790. The van der Waals surface area contributed by atoms with Gasteiger partial charge in [-0.2, -0.15) is 0 Å². The summed E-state index contributed by atoms with van der Waals surface area (Å²) < 4.78 is 5.44. The number of hydrogen-bond donors (Lipinski definition) is 1. The third-order valence-corrected chi connectivity index (χ3v) is 5.73. The van der Waals surface area contributed by atoms with Crippen LogP contribution in [0.2, 0.25) is 0 Å². The van der Waals surface area contributed by atoms with E-state index in [1.807, 2.05) is 47.4 Å². The van der Waals surface area contributed by atoms with E-state index in [4.69, 9.17) is 4.74 Å². The van der Waals surface area contributed by atoms with Crippen LogP contribution in [0.3, 0.4) is 0 Å². The van der Waals surface area contributed by atoms with Gasteiger partial charge in [0.1, 0.15) is 0 Å². The second kappa shape index (κ2) is 8.66. The van der Waals surface area contributed by atoms with Crippen LogP contribution >= 0.6 is 0 Å². The Labute approximate surface area is 171 Å². The molecule has 1 fully saturated rings. The first-order valence-corrected chi connectivity index (χ1v) is 10.2. The molecule has 6 heteroatoms. The number of amides is 2. The monoisotopic (exact) mass is 393 g/mol. The highest BCUT2D eigenvalue weighted by molar-refractivity contribution is 5.95. The largest absolute Gasteiger partial charge is 0.378 e. The molecule has 152 valence electrons. The topological polar surface area (TPSA) is 61.9 Å². The minimum Gasteiger partial charge on any atom is -0.378 e. The molecule has 0 aliphatic carbocycles. The lowest BCUT2D eigenvalue weighted by atomic mass is 9.90. The fraction of sp³-hybridized carbons (Fsp3) is 0.391. The summed E-state index contributed by atoms with van der Waals surface area (Å²) >= 11 is 0. The van der Waals surface area contributed by atoms with E-state index in [1.54, 1.807) is 6.92 Å². The Morgan fingerprint density at radius 3 is 2.55 bits per heavy atom. The predicted octanol–water partition coefficient (Wildman–Crippen LogP) is 3.00. The standard InChI is InChI=1S/C23H27N3O3/c1-17(27)26-11-10-18-6-2-3-7-19(18)22(26)16-23(28)24-20-8-4-5-9-21(20)25-12-14-29-15-13-25/h2-9,22H,10-16H2,1H3,(H,24,28). The molecule has 29 heavy (non-hydrogen) atoms. The predicted molar refractivity (Wildman–Crippen MR) is 113 cm³/mol. The van der Waals surface area contributed by atoms with E-state index >= 15 is 0 Å². The Morgan fingerprint density at radius 2 is 1.76 bits per heavy atom. The molecule has 2 aliphatic rings. The second-order valence-electron chi connectivity index (χ2n) is 7.55. The van der Waals surface area contributed by atoms with Crippen molar-refractivity contribution in [3.63, 3.8) is 0 Å². The van der Waals surface area contributed by atoms with Gasteiger partial charge in [-0.25, -0.2) is 0 Å². The van der Waals surface area contributed by atoms with Gasteiger partial charge in [0.15, 0.2) is 0 Å². The van der Waals surface area contributed by atoms with Crippen molar-refractivity contribution in [3.05, 3.63) is 59.7 Å². The van der Waals surface area contributed by atoms with Crippen LogP contribution in [0.5, 0.6) is 0 Å². The highest BCUT2D eigenvalue weighted by Gasteiger charge is 2.30. The second-order valence-corrected chi connectivity index (χ2v) is 7.55. The fourth-order valence-electron chi connectivity index (χ4n) is 4.28. The maximum Gasteiger partial charge on any atom is 0.226 e. The van der Waals surface area contributed by atoms with Gasteiger partial charge in [-0.3, -0.25) is 9.59 Å². The van der Waals surface area contributed by atoms with E-state index in [1.165, 1.54) is 5.56 Å². The van der Waals surface area contributed by atoms with Crippen LogP contribution in [-0.2, 0) is 20.7 Å². The zero-order chi connectivity index (χ0) is 20.2. The van der Waals surface area contributed by atoms with Crippen molar-refractivity contribution in [1.82, 2.24) is 4.90 Å². The van der Waals surface area contributed by atoms with Crippen LogP contribution in [0.25, 0.3) is 0 Å². The van der Waals surface area contributed by atoms with E-state index in [2.05, 4.69) is 16.3 Å². The number of hydrogen-bond acceptors (Lipinski definition) is 4. The van der Waals surface area contributed by atoms with Crippen LogP contribution in [-0.4, -0.2) is 49.6 Å². The molecule has 2 aromatic rings. The number of ether oxygens (including phenoxy) is 1. The molecule has 2 aromatic carbocycles. The molecular weight excluding hydrogens is 366 g/mol. The van der Waals surface area contributed by atoms with Crippen molar-refractivity contribution in [2.75, 3.05) is 43.1 Å². The third kappa shape index (κ3) is 4.27. The van der Waals surface area contributed by atoms with Gasteiger partial charge >= 0.3 is 0 Å². The number of carbonyl (C=O) groups is 2.